The lowest BCUT2D eigenvalue weighted by Gasteiger charge is -2.28. The number of aromatic nitrogens is 1. The Morgan fingerprint density at radius 3 is 2.53 bits per heavy atom. The van der Waals surface area contributed by atoms with E-state index >= 15 is 0 Å². The van der Waals surface area contributed by atoms with E-state index in [1.54, 1.807) is 6.07 Å². The smallest absolute Gasteiger partial charge is 0.407 e. The number of carbonyl (C=O) groups excluding carboxylic acids is 1. The van der Waals surface area contributed by atoms with E-state index < -0.39 is 11.0 Å². The third-order valence-corrected chi connectivity index (χ3v) is 6.31. The summed E-state index contributed by atoms with van der Waals surface area (Å²) in [7, 11) is 0. The van der Waals surface area contributed by atoms with Gasteiger partial charge in [0.25, 0.3) is 5.69 Å². The lowest BCUT2D eigenvalue weighted by molar-refractivity contribution is -0.385. The Hall–Kier alpha value is -3.82. The maximum Gasteiger partial charge on any atom is 0.407 e. The van der Waals surface area contributed by atoms with Crippen LogP contribution in [0.3, 0.4) is 0 Å². The molecule has 2 aromatic carbocycles. The summed E-state index contributed by atoms with van der Waals surface area (Å²) in [5.74, 6) is 0.0300. The van der Waals surface area contributed by atoms with Gasteiger partial charge in [0, 0.05) is 50.3 Å². The number of rotatable bonds is 7. The number of nitro groups is 1. The van der Waals surface area contributed by atoms with E-state index in [9.17, 15) is 14.9 Å². The third-order valence-electron chi connectivity index (χ3n) is 6.31. The SMILES string of the molecule is O=C(NCCNN1CCc2ncc([N+](=O)[O-])cc2C1)OCC1c2ccccc2-c2ccccc21. The van der Waals surface area contributed by atoms with Gasteiger partial charge >= 0.3 is 6.09 Å². The van der Waals surface area contributed by atoms with Gasteiger partial charge in [0.05, 0.1) is 4.92 Å². The summed E-state index contributed by atoms with van der Waals surface area (Å²) in [6.45, 7) is 2.45. The quantitative estimate of drug-likeness (QED) is 0.317. The maximum absolute atomic E-state index is 12.3. The highest BCUT2D eigenvalue weighted by Crippen LogP contribution is 2.44. The predicted molar refractivity (Wildman–Crippen MR) is 126 cm³/mol. The molecule has 1 aliphatic carbocycles. The van der Waals surface area contributed by atoms with Crippen molar-refractivity contribution >= 4 is 11.8 Å². The molecule has 0 saturated carbocycles. The second-order valence-electron chi connectivity index (χ2n) is 8.39. The van der Waals surface area contributed by atoms with Crippen LogP contribution in [0, 0.1) is 10.1 Å². The van der Waals surface area contributed by atoms with Crippen LogP contribution in [-0.4, -0.2) is 47.3 Å². The van der Waals surface area contributed by atoms with Gasteiger partial charge in [-0.2, -0.15) is 0 Å². The van der Waals surface area contributed by atoms with E-state index in [4.69, 9.17) is 4.74 Å². The molecule has 0 atom stereocenters. The van der Waals surface area contributed by atoms with Crippen molar-refractivity contribution in [3.63, 3.8) is 0 Å². The van der Waals surface area contributed by atoms with Gasteiger partial charge in [-0.15, -0.1) is 0 Å². The summed E-state index contributed by atoms with van der Waals surface area (Å²) in [6.07, 6.45) is 1.56. The molecule has 0 radical (unpaired) electrons. The van der Waals surface area contributed by atoms with Crippen LogP contribution >= 0.6 is 0 Å². The number of carbonyl (C=O) groups is 1. The van der Waals surface area contributed by atoms with Gasteiger partial charge in [0.1, 0.15) is 12.8 Å². The van der Waals surface area contributed by atoms with Gasteiger partial charge in [-0.3, -0.25) is 20.5 Å². The van der Waals surface area contributed by atoms with E-state index in [2.05, 4.69) is 40.0 Å². The molecule has 2 heterocycles. The molecule has 174 valence electrons. The van der Waals surface area contributed by atoms with Crippen molar-refractivity contribution in [2.75, 3.05) is 26.2 Å². The second-order valence-corrected chi connectivity index (χ2v) is 8.39. The number of nitrogens with one attached hydrogen (secondary N) is 2. The van der Waals surface area contributed by atoms with Crippen molar-refractivity contribution < 1.29 is 14.5 Å². The zero-order chi connectivity index (χ0) is 23.5. The minimum Gasteiger partial charge on any atom is -0.449 e. The standard InChI is InChI=1S/C25H25N5O4/c31-25(34-16-23-21-7-3-1-5-19(21)20-6-2-4-8-22(20)23)26-10-11-28-29-12-9-24-17(15-29)13-18(14-27-24)30(32)33/h1-8,13-14,23,28H,9-12,15-16H2,(H,26,31). The second kappa shape index (κ2) is 9.58. The summed E-state index contributed by atoms with van der Waals surface area (Å²) in [4.78, 5) is 27.1. The first-order valence-electron chi connectivity index (χ1n) is 11.3. The summed E-state index contributed by atoms with van der Waals surface area (Å²) in [6, 6.07) is 18.0. The number of benzene rings is 2. The van der Waals surface area contributed by atoms with E-state index in [-0.39, 0.29) is 18.2 Å². The highest BCUT2D eigenvalue weighted by atomic mass is 16.6. The van der Waals surface area contributed by atoms with Crippen LogP contribution in [0.4, 0.5) is 10.5 Å². The van der Waals surface area contributed by atoms with Crippen molar-refractivity contribution in [2.24, 2.45) is 0 Å². The van der Waals surface area contributed by atoms with Crippen LogP contribution in [0.1, 0.15) is 28.3 Å². The maximum atomic E-state index is 12.3. The zero-order valence-electron chi connectivity index (χ0n) is 18.6. The van der Waals surface area contributed by atoms with Crippen molar-refractivity contribution in [3.8, 4) is 11.1 Å². The van der Waals surface area contributed by atoms with Crippen LogP contribution in [0.15, 0.2) is 60.8 Å². The number of hydrazine groups is 1. The lowest BCUT2D eigenvalue weighted by atomic mass is 9.98. The first-order valence-corrected chi connectivity index (χ1v) is 11.3. The Morgan fingerprint density at radius 2 is 1.82 bits per heavy atom. The number of alkyl carbamates (subject to hydrolysis) is 1. The van der Waals surface area contributed by atoms with Crippen molar-refractivity contribution in [1.29, 1.82) is 0 Å². The average molecular weight is 460 g/mol. The molecular formula is C25H25N5O4. The number of fused-ring (bicyclic) bond motifs is 4. The van der Waals surface area contributed by atoms with Crippen molar-refractivity contribution in [3.05, 3.63) is 93.3 Å². The summed E-state index contributed by atoms with van der Waals surface area (Å²) in [5, 5.41) is 15.8. The highest BCUT2D eigenvalue weighted by molar-refractivity contribution is 5.79. The minimum absolute atomic E-state index is 0.00229. The molecule has 34 heavy (non-hydrogen) atoms. The van der Waals surface area contributed by atoms with E-state index in [0.717, 1.165) is 17.8 Å². The molecule has 1 aliphatic heterocycles. The zero-order valence-corrected chi connectivity index (χ0v) is 18.6. The number of hydrogen-bond donors (Lipinski definition) is 2. The molecule has 1 amide bonds. The summed E-state index contributed by atoms with van der Waals surface area (Å²) < 4.78 is 5.55. The fourth-order valence-electron chi connectivity index (χ4n) is 4.68. The first-order chi connectivity index (χ1) is 16.6. The molecule has 5 rings (SSSR count). The number of nitrogens with zero attached hydrogens (tertiary/aromatic N) is 3. The number of ether oxygens (including phenoxy) is 1. The molecule has 0 saturated heterocycles. The largest absolute Gasteiger partial charge is 0.449 e. The Balaban J connectivity index is 1.08. The molecule has 9 nitrogen and oxygen atoms in total. The van der Waals surface area contributed by atoms with E-state index in [1.807, 2.05) is 29.3 Å². The fourth-order valence-corrected chi connectivity index (χ4v) is 4.68. The van der Waals surface area contributed by atoms with Gasteiger partial charge in [-0.25, -0.2) is 9.80 Å². The van der Waals surface area contributed by atoms with Crippen LogP contribution in [-0.2, 0) is 17.7 Å². The summed E-state index contributed by atoms with van der Waals surface area (Å²) >= 11 is 0. The van der Waals surface area contributed by atoms with E-state index in [0.29, 0.717) is 26.1 Å². The van der Waals surface area contributed by atoms with E-state index in [1.165, 1.54) is 28.5 Å². The fraction of sp³-hybridized carbons (Fsp3) is 0.280. The molecule has 0 fully saturated rings. The molecule has 2 N–H and O–H groups in total. The molecule has 2 aliphatic rings. The Bertz CT molecular complexity index is 1190. The molecular weight excluding hydrogens is 434 g/mol. The van der Waals surface area contributed by atoms with Crippen LogP contribution in [0.25, 0.3) is 11.1 Å². The van der Waals surface area contributed by atoms with Crippen LogP contribution in [0.2, 0.25) is 0 Å². The van der Waals surface area contributed by atoms with Crippen molar-refractivity contribution in [1.82, 2.24) is 20.7 Å². The first kappa shape index (κ1) is 22.0. The molecule has 3 aromatic rings. The molecule has 0 spiro atoms. The molecule has 0 unspecified atom stereocenters. The lowest BCUT2D eigenvalue weighted by Crippen LogP contribution is -2.45. The average Bonchev–Trinajstić information content (AvgIpc) is 3.18. The Labute approximate surface area is 196 Å². The van der Waals surface area contributed by atoms with Crippen LogP contribution in [0.5, 0.6) is 0 Å². The van der Waals surface area contributed by atoms with Gasteiger partial charge < -0.3 is 10.1 Å². The van der Waals surface area contributed by atoms with Gasteiger partial charge in [0.2, 0.25) is 0 Å². The number of hydrogen-bond acceptors (Lipinski definition) is 7. The Kier molecular flexibility index (Phi) is 6.20. The third kappa shape index (κ3) is 4.48. The summed E-state index contributed by atoms with van der Waals surface area (Å²) in [5.41, 5.74) is 9.73. The van der Waals surface area contributed by atoms with Crippen molar-refractivity contribution in [2.45, 2.75) is 18.9 Å². The predicted octanol–water partition coefficient (Wildman–Crippen LogP) is 3.39. The highest BCUT2D eigenvalue weighted by Gasteiger charge is 2.29. The monoisotopic (exact) mass is 459 g/mol. The minimum atomic E-state index is -0.451. The number of pyridine rings is 1. The van der Waals surface area contributed by atoms with Crippen LogP contribution < -0.4 is 10.7 Å². The normalized spacial score (nSPS) is 14.7. The molecule has 1 aromatic heterocycles. The van der Waals surface area contributed by atoms with Gasteiger partial charge in [0.15, 0.2) is 0 Å². The topological polar surface area (TPSA) is 110 Å². The number of amides is 1. The molecule has 0 bridgehead atoms. The molecule has 9 heteroatoms. The van der Waals surface area contributed by atoms with Gasteiger partial charge in [-0.1, -0.05) is 48.5 Å². The van der Waals surface area contributed by atoms with Gasteiger partial charge in [-0.05, 0) is 27.8 Å². The Morgan fingerprint density at radius 1 is 1.12 bits per heavy atom.